The SMILES string of the molecule is Cc1cccc(CN(C)c2ccc(Br)cc2CCl)n1. The number of benzene rings is 1. The fraction of sp³-hybridized carbons (Fsp3) is 0.267. The van der Waals surface area contributed by atoms with Gasteiger partial charge in [-0.15, -0.1) is 11.6 Å². The van der Waals surface area contributed by atoms with E-state index >= 15 is 0 Å². The van der Waals surface area contributed by atoms with E-state index in [1.54, 1.807) is 0 Å². The lowest BCUT2D eigenvalue weighted by Crippen LogP contribution is -2.18. The quantitative estimate of drug-likeness (QED) is 0.761. The Kier molecular flexibility index (Phi) is 4.83. The number of aryl methyl sites for hydroxylation is 1. The third kappa shape index (κ3) is 3.71. The molecule has 1 aromatic heterocycles. The van der Waals surface area contributed by atoms with E-state index < -0.39 is 0 Å². The molecule has 2 nitrogen and oxygen atoms in total. The lowest BCUT2D eigenvalue weighted by molar-refractivity contribution is 0.872. The van der Waals surface area contributed by atoms with Crippen molar-refractivity contribution in [1.82, 2.24) is 4.98 Å². The number of hydrogen-bond acceptors (Lipinski definition) is 2. The van der Waals surface area contributed by atoms with Crippen molar-refractivity contribution in [2.24, 2.45) is 0 Å². The highest BCUT2D eigenvalue weighted by molar-refractivity contribution is 9.10. The van der Waals surface area contributed by atoms with Crippen LogP contribution in [0.3, 0.4) is 0 Å². The molecule has 0 amide bonds. The Morgan fingerprint density at radius 3 is 2.74 bits per heavy atom. The average molecular weight is 340 g/mol. The number of aromatic nitrogens is 1. The van der Waals surface area contributed by atoms with Crippen molar-refractivity contribution in [3.63, 3.8) is 0 Å². The Morgan fingerprint density at radius 1 is 1.26 bits per heavy atom. The van der Waals surface area contributed by atoms with Gasteiger partial charge in [0.25, 0.3) is 0 Å². The fourth-order valence-electron chi connectivity index (χ4n) is 2.05. The van der Waals surface area contributed by atoms with Crippen LogP contribution < -0.4 is 4.90 Å². The summed E-state index contributed by atoms with van der Waals surface area (Å²) >= 11 is 9.49. The Balaban J connectivity index is 2.22. The average Bonchev–Trinajstić information content (AvgIpc) is 2.38. The van der Waals surface area contributed by atoms with E-state index in [4.69, 9.17) is 11.6 Å². The molecule has 2 aromatic rings. The molecule has 0 spiro atoms. The van der Waals surface area contributed by atoms with Crippen LogP contribution >= 0.6 is 27.5 Å². The molecule has 0 aliphatic carbocycles. The lowest BCUT2D eigenvalue weighted by Gasteiger charge is -2.22. The van der Waals surface area contributed by atoms with Crippen LogP contribution in [0.5, 0.6) is 0 Å². The van der Waals surface area contributed by atoms with Crippen LogP contribution in [0.2, 0.25) is 0 Å². The van der Waals surface area contributed by atoms with Crippen molar-refractivity contribution < 1.29 is 0 Å². The summed E-state index contributed by atoms with van der Waals surface area (Å²) in [5.74, 6) is 0.500. The Labute approximate surface area is 127 Å². The Hall–Kier alpha value is -1.06. The standard InChI is InChI=1S/C15H16BrClN2/c1-11-4-3-5-14(18-11)10-19(2)15-7-6-13(16)8-12(15)9-17/h3-8H,9-10H2,1-2H3. The predicted molar refractivity (Wildman–Crippen MR) is 84.8 cm³/mol. The number of rotatable bonds is 4. The van der Waals surface area contributed by atoms with E-state index in [1.165, 1.54) is 0 Å². The summed E-state index contributed by atoms with van der Waals surface area (Å²) in [5.41, 5.74) is 4.36. The molecule has 0 unspecified atom stereocenters. The molecule has 4 heteroatoms. The summed E-state index contributed by atoms with van der Waals surface area (Å²) in [4.78, 5) is 6.70. The molecule has 0 radical (unpaired) electrons. The zero-order chi connectivity index (χ0) is 13.8. The van der Waals surface area contributed by atoms with Crippen molar-refractivity contribution >= 4 is 33.2 Å². The second-order valence-electron chi connectivity index (χ2n) is 4.53. The van der Waals surface area contributed by atoms with Crippen molar-refractivity contribution in [2.45, 2.75) is 19.3 Å². The maximum absolute atomic E-state index is 6.01. The Morgan fingerprint density at radius 2 is 2.05 bits per heavy atom. The molecule has 0 N–H and O–H groups in total. The third-order valence-corrected chi connectivity index (χ3v) is 3.72. The van der Waals surface area contributed by atoms with Gasteiger partial charge in [0.2, 0.25) is 0 Å². The van der Waals surface area contributed by atoms with Gasteiger partial charge >= 0.3 is 0 Å². The second kappa shape index (κ2) is 6.40. The molecule has 0 atom stereocenters. The van der Waals surface area contributed by atoms with Gasteiger partial charge in [-0.25, -0.2) is 0 Å². The Bertz CT molecular complexity index is 572. The highest BCUT2D eigenvalue weighted by Gasteiger charge is 2.08. The summed E-state index contributed by atoms with van der Waals surface area (Å²) in [5, 5.41) is 0. The van der Waals surface area contributed by atoms with Crippen molar-refractivity contribution in [3.05, 3.63) is 57.8 Å². The minimum Gasteiger partial charge on any atom is -0.368 e. The van der Waals surface area contributed by atoms with Crippen LogP contribution in [-0.2, 0) is 12.4 Å². The smallest absolute Gasteiger partial charge is 0.0600 e. The number of alkyl halides is 1. The van der Waals surface area contributed by atoms with Crippen LogP contribution in [0.15, 0.2) is 40.9 Å². The number of pyridine rings is 1. The van der Waals surface area contributed by atoms with Gasteiger partial charge in [0.1, 0.15) is 0 Å². The second-order valence-corrected chi connectivity index (χ2v) is 5.72. The molecular weight excluding hydrogens is 324 g/mol. The monoisotopic (exact) mass is 338 g/mol. The molecule has 0 saturated heterocycles. The number of hydrogen-bond donors (Lipinski definition) is 0. The maximum Gasteiger partial charge on any atom is 0.0600 e. The van der Waals surface area contributed by atoms with Gasteiger partial charge < -0.3 is 4.90 Å². The zero-order valence-electron chi connectivity index (χ0n) is 11.0. The molecule has 100 valence electrons. The van der Waals surface area contributed by atoms with E-state index in [2.05, 4.69) is 45.0 Å². The molecule has 0 fully saturated rings. The van der Waals surface area contributed by atoms with Gasteiger partial charge in [-0.1, -0.05) is 22.0 Å². The zero-order valence-corrected chi connectivity index (χ0v) is 13.4. The number of anilines is 1. The van der Waals surface area contributed by atoms with Gasteiger partial charge in [-0.05, 0) is 42.8 Å². The summed E-state index contributed by atoms with van der Waals surface area (Å²) in [6, 6.07) is 12.3. The van der Waals surface area contributed by atoms with Crippen LogP contribution in [0.25, 0.3) is 0 Å². The van der Waals surface area contributed by atoms with E-state index in [9.17, 15) is 0 Å². The maximum atomic E-state index is 6.01. The largest absolute Gasteiger partial charge is 0.368 e. The molecular formula is C15H16BrClN2. The van der Waals surface area contributed by atoms with Crippen LogP contribution in [0.4, 0.5) is 5.69 Å². The van der Waals surface area contributed by atoms with Crippen molar-refractivity contribution in [3.8, 4) is 0 Å². The van der Waals surface area contributed by atoms with Crippen LogP contribution in [0.1, 0.15) is 17.0 Å². The highest BCUT2D eigenvalue weighted by atomic mass is 79.9. The molecule has 0 saturated carbocycles. The van der Waals surface area contributed by atoms with Gasteiger partial charge in [-0.3, -0.25) is 4.98 Å². The van der Waals surface area contributed by atoms with Crippen LogP contribution in [0, 0.1) is 6.92 Å². The lowest BCUT2D eigenvalue weighted by atomic mass is 10.2. The molecule has 0 bridgehead atoms. The topological polar surface area (TPSA) is 16.1 Å². The highest BCUT2D eigenvalue weighted by Crippen LogP contribution is 2.26. The number of halogens is 2. The molecule has 1 heterocycles. The minimum atomic E-state index is 0.500. The van der Waals surface area contributed by atoms with Crippen molar-refractivity contribution in [1.29, 1.82) is 0 Å². The first-order valence-electron chi connectivity index (χ1n) is 6.08. The fourth-order valence-corrected chi connectivity index (χ4v) is 2.67. The van der Waals surface area contributed by atoms with E-state index in [0.29, 0.717) is 5.88 Å². The molecule has 0 aliphatic heterocycles. The predicted octanol–water partition coefficient (Wildman–Crippen LogP) is 4.53. The molecule has 1 aromatic carbocycles. The summed E-state index contributed by atoms with van der Waals surface area (Å²) in [7, 11) is 2.06. The summed E-state index contributed by atoms with van der Waals surface area (Å²) in [6.45, 7) is 2.78. The van der Waals surface area contributed by atoms with E-state index in [-0.39, 0.29) is 0 Å². The molecule has 0 aliphatic rings. The first kappa shape index (κ1) is 14.4. The molecule has 19 heavy (non-hydrogen) atoms. The first-order chi connectivity index (χ1) is 9.10. The van der Waals surface area contributed by atoms with Gasteiger partial charge in [-0.2, -0.15) is 0 Å². The number of nitrogens with zero attached hydrogens (tertiary/aromatic N) is 2. The van der Waals surface area contributed by atoms with Crippen molar-refractivity contribution in [2.75, 3.05) is 11.9 Å². The molecule has 2 rings (SSSR count). The van der Waals surface area contributed by atoms with E-state index in [0.717, 1.165) is 33.7 Å². The van der Waals surface area contributed by atoms with Gasteiger partial charge in [0.15, 0.2) is 0 Å². The summed E-state index contributed by atoms with van der Waals surface area (Å²) < 4.78 is 1.05. The third-order valence-electron chi connectivity index (χ3n) is 2.94. The first-order valence-corrected chi connectivity index (χ1v) is 7.41. The van der Waals surface area contributed by atoms with E-state index in [1.807, 2.05) is 31.2 Å². The minimum absolute atomic E-state index is 0.500. The summed E-state index contributed by atoms with van der Waals surface area (Å²) in [6.07, 6.45) is 0. The normalized spacial score (nSPS) is 10.5. The van der Waals surface area contributed by atoms with Crippen LogP contribution in [-0.4, -0.2) is 12.0 Å². The van der Waals surface area contributed by atoms with Gasteiger partial charge in [0.05, 0.1) is 12.2 Å². The van der Waals surface area contributed by atoms with Gasteiger partial charge in [0, 0.05) is 28.8 Å².